The summed E-state index contributed by atoms with van der Waals surface area (Å²) in [4.78, 5) is 15.9. The number of hydrogen-bond donors (Lipinski definition) is 0. The molecule has 136 valence electrons. The Balaban J connectivity index is 1.55. The molecule has 1 atom stereocenters. The fraction of sp³-hybridized carbons (Fsp3) is 0.650. The fourth-order valence-corrected chi connectivity index (χ4v) is 3.54. The van der Waals surface area contributed by atoms with E-state index in [1.54, 1.807) is 12.4 Å². The van der Waals surface area contributed by atoms with Gasteiger partial charge in [0.1, 0.15) is 11.3 Å². The second kappa shape index (κ2) is 7.65. The van der Waals surface area contributed by atoms with Crippen molar-refractivity contribution in [2.45, 2.75) is 59.1 Å². The van der Waals surface area contributed by atoms with E-state index in [0.717, 1.165) is 43.4 Å². The van der Waals surface area contributed by atoms with Gasteiger partial charge >= 0.3 is 0 Å². The second-order valence-electron chi connectivity index (χ2n) is 8.16. The zero-order valence-corrected chi connectivity index (χ0v) is 15.9. The van der Waals surface area contributed by atoms with Gasteiger partial charge in [-0.1, -0.05) is 6.08 Å². The van der Waals surface area contributed by atoms with Crippen LogP contribution >= 0.6 is 0 Å². The van der Waals surface area contributed by atoms with Crippen molar-refractivity contribution in [3.05, 3.63) is 29.9 Å². The molecule has 1 aromatic rings. The van der Waals surface area contributed by atoms with Crippen LogP contribution in [-0.2, 0) is 6.54 Å². The van der Waals surface area contributed by atoms with E-state index in [0.29, 0.717) is 11.8 Å². The summed E-state index contributed by atoms with van der Waals surface area (Å²) in [6, 6.07) is 0. The molecule has 3 heterocycles. The molecule has 0 saturated carbocycles. The first-order valence-corrected chi connectivity index (χ1v) is 9.33. The molecule has 5 nitrogen and oxygen atoms in total. The highest BCUT2D eigenvalue weighted by Crippen LogP contribution is 2.30. The van der Waals surface area contributed by atoms with Gasteiger partial charge in [0.25, 0.3) is 0 Å². The molecule has 0 aliphatic carbocycles. The van der Waals surface area contributed by atoms with Gasteiger partial charge in [0.15, 0.2) is 0 Å². The Morgan fingerprint density at radius 2 is 1.88 bits per heavy atom. The largest absolute Gasteiger partial charge is 0.471 e. The van der Waals surface area contributed by atoms with E-state index in [2.05, 4.69) is 39.1 Å². The van der Waals surface area contributed by atoms with Crippen LogP contribution in [0.4, 0.5) is 0 Å². The van der Waals surface area contributed by atoms with Crippen LogP contribution < -0.4 is 4.74 Å². The Morgan fingerprint density at radius 1 is 1.16 bits per heavy atom. The maximum atomic E-state index is 5.98. The molecule has 0 spiro atoms. The average molecular weight is 342 g/mol. The first-order chi connectivity index (χ1) is 11.9. The van der Waals surface area contributed by atoms with E-state index in [1.807, 2.05) is 20.8 Å². The predicted molar refractivity (Wildman–Crippen MR) is 101 cm³/mol. The number of aliphatic imine (C=N–C) groups is 1. The maximum Gasteiger partial charge on any atom is 0.237 e. The highest BCUT2D eigenvalue weighted by molar-refractivity contribution is 5.64. The van der Waals surface area contributed by atoms with Crippen molar-refractivity contribution >= 4 is 6.21 Å². The molecular formula is C20H30N4O. The Hall–Kier alpha value is -1.75. The minimum atomic E-state index is -0.260. The van der Waals surface area contributed by atoms with Crippen LogP contribution in [0, 0.1) is 11.8 Å². The number of likely N-dealkylation sites (tertiary alicyclic amines) is 1. The van der Waals surface area contributed by atoms with Crippen LogP contribution in [0.5, 0.6) is 5.88 Å². The van der Waals surface area contributed by atoms with Crippen molar-refractivity contribution < 1.29 is 4.74 Å². The molecule has 0 amide bonds. The first kappa shape index (κ1) is 18.1. The van der Waals surface area contributed by atoms with Crippen LogP contribution in [0.3, 0.4) is 0 Å². The molecule has 25 heavy (non-hydrogen) atoms. The zero-order chi connectivity index (χ0) is 17.9. The van der Waals surface area contributed by atoms with E-state index in [-0.39, 0.29) is 5.60 Å². The highest BCUT2D eigenvalue weighted by atomic mass is 16.5. The van der Waals surface area contributed by atoms with Crippen LogP contribution in [0.1, 0.15) is 52.7 Å². The third-order valence-electron chi connectivity index (χ3n) is 4.90. The number of allylic oxidation sites excluding steroid dienone is 2. The van der Waals surface area contributed by atoms with Gasteiger partial charge in [-0.3, -0.25) is 14.9 Å². The number of ether oxygens (including phenoxy) is 1. The zero-order valence-electron chi connectivity index (χ0n) is 15.9. The van der Waals surface area contributed by atoms with Crippen molar-refractivity contribution in [3.8, 4) is 5.88 Å². The average Bonchev–Trinajstić information content (AvgIpc) is 2.57. The van der Waals surface area contributed by atoms with Crippen molar-refractivity contribution in [1.82, 2.24) is 14.9 Å². The van der Waals surface area contributed by atoms with Gasteiger partial charge in [-0.25, -0.2) is 4.98 Å². The SMILES string of the molecule is CC1=CCC(C2CCN(Cc3nccnc3OC(C)(C)C)CC2)C=N1. The molecule has 0 N–H and O–H groups in total. The van der Waals surface area contributed by atoms with E-state index >= 15 is 0 Å². The monoisotopic (exact) mass is 342 g/mol. The summed E-state index contributed by atoms with van der Waals surface area (Å²) >= 11 is 0. The minimum Gasteiger partial charge on any atom is -0.471 e. The van der Waals surface area contributed by atoms with Crippen molar-refractivity contribution in [3.63, 3.8) is 0 Å². The number of aromatic nitrogens is 2. The lowest BCUT2D eigenvalue weighted by molar-refractivity contribution is 0.115. The molecule has 1 saturated heterocycles. The van der Waals surface area contributed by atoms with Crippen LogP contribution in [0.15, 0.2) is 29.2 Å². The van der Waals surface area contributed by atoms with Crippen LogP contribution in [0.2, 0.25) is 0 Å². The minimum absolute atomic E-state index is 0.260. The second-order valence-corrected chi connectivity index (χ2v) is 8.16. The summed E-state index contributed by atoms with van der Waals surface area (Å²) in [5, 5.41) is 0. The summed E-state index contributed by atoms with van der Waals surface area (Å²) in [6.45, 7) is 11.2. The van der Waals surface area contributed by atoms with Crippen molar-refractivity contribution in [2.24, 2.45) is 16.8 Å². The van der Waals surface area contributed by atoms with Gasteiger partial charge in [0, 0.05) is 36.8 Å². The van der Waals surface area contributed by atoms with Crippen molar-refractivity contribution in [1.29, 1.82) is 0 Å². The smallest absolute Gasteiger partial charge is 0.237 e. The number of piperidine rings is 1. The Bertz CT molecular complexity index is 639. The molecule has 1 fully saturated rings. The molecule has 2 aliphatic heterocycles. The molecule has 2 aliphatic rings. The standard InChI is InChI=1S/C20H30N4O/c1-15-5-6-17(13-23-15)16-7-11-24(12-8-16)14-18-19(22-10-9-21-18)25-20(2,3)4/h5,9-10,13,16-17H,6-8,11-12,14H2,1-4H3. The number of nitrogens with zero attached hydrogens (tertiary/aromatic N) is 4. The molecule has 0 aromatic carbocycles. The van der Waals surface area contributed by atoms with E-state index in [1.165, 1.54) is 12.8 Å². The van der Waals surface area contributed by atoms with Gasteiger partial charge < -0.3 is 4.74 Å². The quantitative estimate of drug-likeness (QED) is 0.834. The normalized spacial score (nSPS) is 22.7. The third kappa shape index (κ3) is 5.11. The van der Waals surface area contributed by atoms with Crippen molar-refractivity contribution in [2.75, 3.05) is 13.1 Å². The summed E-state index contributed by atoms with van der Waals surface area (Å²) < 4.78 is 5.98. The van der Waals surface area contributed by atoms with Gasteiger partial charge in [-0.05, 0) is 66.0 Å². The Labute approximate surface area is 151 Å². The molecule has 1 unspecified atom stereocenters. The topological polar surface area (TPSA) is 50.6 Å². The first-order valence-electron chi connectivity index (χ1n) is 9.33. The predicted octanol–water partition coefficient (Wildman–Crippen LogP) is 3.86. The Morgan fingerprint density at radius 3 is 2.52 bits per heavy atom. The summed E-state index contributed by atoms with van der Waals surface area (Å²) in [5.41, 5.74) is 1.83. The summed E-state index contributed by atoms with van der Waals surface area (Å²) in [5.74, 6) is 2.02. The summed E-state index contributed by atoms with van der Waals surface area (Å²) in [7, 11) is 0. The molecular weight excluding hydrogens is 312 g/mol. The maximum absolute atomic E-state index is 5.98. The van der Waals surface area contributed by atoms with E-state index in [9.17, 15) is 0 Å². The van der Waals surface area contributed by atoms with E-state index < -0.39 is 0 Å². The molecule has 0 radical (unpaired) electrons. The van der Waals surface area contributed by atoms with Crippen LogP contribution in [-0.4, -0.2) is 39.8 Å². The number of hydrogen-bond acceptors (Lipinski definition) is 5. The van der Waals surface area contributed by atoms with Crippen LogP contribution in [0.25, 0.3) is 0 Å². The number of rotatable bonds is 4. The fourth-order valence-electron chi connectivity index (χ4n) is 3.54. The van der Waals surface area contributed by atoms with Gasteiger partial charge in [0.2, 0.25) is 5.88 Å². The van der Waals surface area contributed by atoms with Gasteiger partial charge in [0.05, 0.1) is 0 Å². The third-order valence-corrected chi connectivity index (χ3v) is 4.90. The van der Waals surface area contributed by atoms with E-state index in [4.69, 9.17) is 4.74 Å². The molecule has 5 heteroatoms. The van der Waals surface area contributed by atoms with Gasteiger partial charge in [-0.15, -0.1) is 0 Å². The van der Waals surface area contributed by atoms with Gasteiger partial charge in [-0.2, -0.15) is 0 Å². The molecule has 0 bridgehead atoms. The lowest BCUT2D eigenvalue weighted by Crippen LogP contribution is -2.36. The molecule has 3 rings (SSSR count). The molecule has 1 aromatic heterocycles. The lowest BCUT2D eigenvalue weighted by Gasteiger charge is -2.35. The summed E-state index contributed by atoms with van der Waals surface area (Å²) in [6.07, 6.45) is 11.5. The highest BCUT2D eigenvalue weighted by Gasteiger charge is 2.27. The Kier molecular flexibility index (Phi) is 5.52. The lowest BCUT2D eigenvalue weighted by atomic mass is 9.82.